The van der Waals surface area contributed by atoms with Gasteiger partial charge in [-0.15, -0.1) is 22.9 Å². The Hall–Kier alpha value is -2.42. The van der Waals surface area contributed by atoms with Crippen LogP contribution in [0.3, 0.4) is 0 Å². The quantitative estimate of drug-likeness (QED) is 0.487. The van der Waals surface area contributed by atoms with Crippen molar-refractivity contribution in [2.24, 2.45) is 0 Å². The number of hydrogen-bond acceptors (Lipinski definition) is 5. The van der Waals surface area contributed by atoms with Gasteiger partial charge < -0.3 is 4.98 Å². The number of fused-ring (bicyclic) bond motifs is 1. The third kappa shape index (κ3) is 3.18. The molecule has 0 radical (unpaired) electrons. The maximum atomic E-state index is 12.7. The number of nitrogens with zero attached hydrogens (tertiary/aromatic N) is 2. The Kier molecular flexibility index (Phi) is 4.39. The average Bonchev–Trinajstić information content (AvgIpc) is 3.31. The lowest BCUT2D eigenvalue weighted by Crippen LogP contribution is -2.15. The fourth-order valence-electron chi connectivity index (χ4n) is 2.59. The van der Waals surface area contributed by atoms with E-state index in [0.717, 1.165) is 16.1 Å². The number of aromatic amines is 1. The molecule has 0 unspecified atom stereocenters. The van der Waals surface area contributed by atoms with Gasteiger partial charge in [0.1, 0.15) is 5.01 Å². The molecule has 0 aliphatic carbocycles. The van der Waals surface area contributed by atoms with Gasteiger partial charge in [-0.1, -0.05) is 18.2 Å². The summed E-state index contributed by atoms with van der Waals surface area (Å²) in [5.74, 6) is 0.146. The Morgan fingerprint density at radius 1 is 1.19 bits per heavy atom. The topological polar surface area (TPSA) is 87.7 Å². The number of H-pyrrole nitrogens is 1. The highest BCUT2D eigenvalue weighted by atomic mass is 35.5. The van der Waals surface area contributed by atoms with E-state index in [1.165, 1.54) is 17.4 Å². The van der Waals surface area contributed by atoms with Crippen molar-refractivity contribution in [3.63, 3.8) is 0 Å². The summed E-state index contributed by atoms with van der Waals surface area (Å²) in [6.45, 7) is 0. The average molecular weight is 405 g/mol. The first-order chi connectivity index (χ1) is 12.6. The molecule has 0 bridgehead atoms. The molecule has 6 nitrogen and oxygen atoms in total. The van der Waals surface area contributed by atoms with Gasteiger partial charge >= 0.3 is 0 Å². The summed E-state index contributed by atoms with van der Waals surface area (Å²) in [4.78, 5) is 11.6. The fraction of sp³-hybridized carbons (Fsp3) is 0.0588. The lowest BCUT2D eigenvalue weighted by molar-refractivity contribution is 0.597. The van der Waals surface area contributed by atoms with Crippen molar-refractivity contribution in [1.82, 2.24) is 15.0 Å². The smallest absolute Gasteiger partial charge is 0.279 e. The first-order valence-corrected chi connectivity index (χ1v) is 10.5. The number of alkyl halides is 1. The van der Waals surface area contributed by atoms with Gasteiger partial charge in [-0.25, -0.2) is 9.97 Å². The summed E-state index contributed by atoms with van der Waals surface area (Å²) in [7, 11) is -3.83. The standard InChI is InChI=1S/C17H13ClN4O2S2/c18-10-12-4-2-6-15(20-12)26(23,24)22-13-5-1-3-11-9-14(21-16(11)13)17-19-7-8-25-17/h1-9,21-22H,10H2. The maximum absolute atomic E-state index is 12.7. The summed E-state index contributed by atoms with van der Waals surface area (Å²) in [6, 6.07) is 12.1. The number of hydrogen-bond donors (Lipinski definition) is 2. The molecule has 0 amide bonds. The van der Waals surface area contributed by atoms with Crippen molar-refractivity contribution in [3.8, 4) is 10.7 Å². The molecule has 2 N–H and O–H groups in total. The van der Waals surface area contributed by atoms with Crippen LogP contribution in [0.15, 0.2) is 59.1 Å². The lowest BCUT2D eigenvalue weighted by Gasteiger charge is -2.09. The Morgan fingerprint density at radius 3 is 2.81 bits per heavy atom. The minimum atomic E-state index is -3.83. The van der Waals surface area contributed by atoms with Crippen LogP contribution >= 0.6 is 22.9 Å². The van der Waals surface area contributed by atoms with Gasteiger partial charge in [0.25, 0.3) is 10.0 Å². The number of nitrogens with one attached hydrogen (secondary N) is 2. The highest BCUT2D eigenvalue weighted by Gasteiger charge is 2.18. The van der Waals surface area contributed by atoms with E-state index in [2.05, 4.69) is 19.7 Å². The van der Waals surface area contributed by atoms with Crippen molar-refractivity contribution in [1.29, 1.82) is 0 Å². The summed E-state index contributed by atoms with van der Waals surface area (Å²) in [5, 5.41) is 3.55. The highest BCUT2D eigenvalue weighted by Crippen LogP contribution is 2.30. The second-order valence-corrected chi connectivity index (χ2v) is 8.29. The summed E-state index contributed by atoms with van der Waals surface area (Å²) < 4.78 is 28.0. The number of pyridine rings is 1. The van der Waals surface area contributed by atoms with E-state index in [0.29, 0.717) is 16.9 Å². The molecule has 0 aliphatic rings. The van der Waals surface area contributed by atoms with E-state index in [4.69, 9.17) is 11.6 Å². The van der Waals surface area contributed by atoms with Crippen molar-refractivity contribution in [3.05, 3.63) is 59.7 Å². The van der Waals surface area contributed by atoms with Crippen LogP contribution in [0.4, 0.5) is 5.69 Å². The minimum absolute atomic E-state index is 0.0700. The summed E-state index contributed by atoms with van der Waals surface area (Å²) in [6.07, 6.45) is 1.73. The van der Waals surface area contributed by atoms with Crippen LogP contribution in [0.25, 0.3) is 21.6 Å². The first kappa shape index (κ1) is 17.0. The predicted molar refractivity (Wildman–Crippen MR) is 104 cm³/mol. The predicted octanol–water partition coefficient (Wildman–Crippen LogP) is 4.23. The third-order valence-electron chi connectivity index (χ3n) is 3.76. The number of thiazole rings is 1. The number of halogens is 1. The largest absolute Gasteiger partial charge is 0.351 e. The molecular formula is C17H13ClN4O2S2. The molecule has 0 saturated carbocycles. The molecular weight excluding hydrogens is 392 g/mol. The SMILES string of the molecule is O=S(=O)(Nc1cccc2cc(-c3nccs3)[nH]c12)c1cccc(CCl)n1. The molecule has 3 heterocycles. The van der Waals surface area contributed by atoms with Crippen LogP contribution in [0.5, 0.6) is 0 Å². The Bertz CT molecular complexity index is 1170. The van der Waals surface area contributed by atoms with E-state index in [1.807, 2.05) is 17.5 Å². The van der Waals surface area contributed by atoms with Crippen molar-refractivity contribution < 1.29 is 8.42 Å². The van der Waals surface area contributed by atoms with Crippen LogP contribution in [0, 0.1) is 0 Å². The molecule has 0 saturated heterocycles. The molecule has 3 aromatic heterocycles. The lowest BCUT2D eigenvalue weighted by atomic mass is 10.2. The summed E-state index contributed by atoms with van der Waals surface area (Å²) >= 11 is 7.26. The van der Waals surface area contributed by atoms with E-state index >= 15 is 0 Å². The number of para-hydroxylation sites is 1. The Balaban J connectivity index is 1.74. The van der Waals surface area contributed by atoms with Gasteiger partial charge in [0.05, 0.1) is 28.5 Å². The molecule has 9 heteroatoms. The van der Waals surface area contributed by atoms with Gasteiger partial charge in [-0.05, 0) is 24.3 Å². The molecule has 26 heavy (non-hydrogen) atoms. The van der Waals surface area contributed by atoms with Crippen LogP contribution in [0.2, 0.25) is 0 Å². The van der Waals surface area contributed by atoms with Crippen LogP contribution < -0.4 is 4.72 Å². The highest BCUT2D eigenvalue weighted by molar-refractivity contribution is 7.92. The maximum Gasteiger partial charge on any atom is 0.279 e. The van der Waals surface area contributed by atoms with Crippen molar-refractivity contribution in [2.45, 2.75) is 10.9 Å². The number of sulfonamides is 1. The fourth-order valence-corrected chi connectivity index (χ4v) is 4.41. The van der Waals surface area contributed by atoms with E-state index in [9.17, 15) is 8.42 Å². The van der Waals surface area contributed by atoms with Crippen LogP contribution in [-0.2, 0) is 15.9 Å². The molecule has 0 aliphatic heterocycles. The zero-order valence-corrected chi connectivity index (χ0v) is 15.7. The van der Waals surface area contributed by atoms with Gasteiger partial charge in [-0.3, -0.25) is 4.72 Å². The van der Waals surface area contributed by atoms with Crippen molar-refractivity contribution >= 4 is 49.6 Å². The third-order valence-corrected chi connectivity index (χ3v) is 6.10. The van der Waals surface area contributed by atoms with Gasteiger partial charge in [0.2, 0.25) is 0 Å². The molecule has 0 atom stereocenters. The Labute approximate surface area is 158 Å². The second kappa shape index (κ2) is 6.71. The zero-order chi connectivity index (χ0) is 18.1. The van der Waals surface area contributed by atoms with E-state index in [1.54, 1.807) is 30.5 Å². The van der Waals surface area contributed by atoms with Gasteiger partial charge in [0, 0.05) is 17.0 Å². The Morgan fingerprint density at radius 2 is 2.04 bits per heavy atom. The number of benzene rings is 1. The van der Waals surface area contributed by atoms with Crippen molar-refractivity contribution in [2.75, 3.05) is 4.72 Å². The second-order valence-electron chi connectivity index (χ2n) is 5.50. The monoisotopic (exact) mass is 404 g/mol. The van der Waals surface area contributed by atoms with E-state index < -0.39 is 10.0 Å². The molecule has 1 aromatic carbocycles. The summed E-state index contributed by atoms with van der Waals surface area (Å²) in [5.41, 5.74) is 2.47. The molecule has 132 valence electrons. The van der Waals surface area contributed by atoms with Crippen LogP contribution in [0.1, 0.15) is 5.69 Å². The molecule has 0 fully saturated rings. The van der Waals surface area contributed by atoms with Crippen LogP contribution in [-0.4, -0.2) is 23.4 Å². The molecule has 4 aromatic rings. The van der Waals surface area contributed by atoms with Gasteiger partial charge in [-0.2, -0.15) is 8.42 Å². The number of aromatic nitrogens is 3. The zero-order valence-electron chi connectivity index (χ0n) is 13.3. The first-order valence-electron chi connectivity index (χ1n) is 7.63. The molecule has 4 rings (SSSR count). The minimum Gasteiger partial charge on any atom is -0.351 e. The number of anilines is 1. The normalized spacial score (nSPS) is 11.7. The van der Waals surface area contributed by atoms with E-state index in [-0.39, 0.29) is 10.9 Å². The number of rotatable bonds is 5. The molecule has 0 spiro atoms. The van der Waals surface area contributed by atoms with Gasteiger partial charge in [0.15, 0.2) is 5.03 Å².